The molecule has 0 aromatic heterocycles. The number of benzene rings is 1. The SMILES string of the molecule is COC(C(=O)O)c1cc(C)c(O)c(C)c1. The van der Waals surface area contributed by atoms with Crippen molar-refractivity contribution in [3.8, 4) is 5.75 Å². The second-order valence-electron chi connectivity index (χ2n) is 3.46. The Morgan fingerprint density at radius 1 is 1.33 bits per heavy atom. The van der Waals surface area contributed by atoms with Gasteiger partial charge in [0, 0.05) is 7.11 Å². The van der Waals surface area contributed by atoms with Crippen LogP contribution in [-0.4, -0.2) is 23.3 Å². The molecule has 0 spiro atoms. The number of carboxylic acid groups (broad SMARTS) is 1. The van der Waals surface area contributed by atoms with Gasteiger partial charge in [0.05, 0.1) is 0 Å². The van der Waals surface area contributed by atoms with Crippen LogP contribution in [0.1, 0.15) is 22.8 Å². The Labute approximate surface area is 88.1 Å². The van der Waals surface area contributed by atoms with Crippen molar-refractivity contribution in [3.63, 3.8) is 0 Å². The van der Waals surface area contributed by atoms with Gasteiger partial charge in [-0.2, -0.15) is 0 Å². The monoisotopic (exact) mass is 210 g/mol. The van der Waals surface area contributed by atoms with Crippen LogP contribution >= 0.6 is 0 Å². The van der Waals surface area contributed by atoms with E-state index in [0.29, 0.717) is 16.7 Å². The van der Waals surface area contributed by atoms with Crippen LogP contribution in [0.2, 0.25) is 0 Å². The number of methoxy groups -OCH3 is 1. The van der Waals surface area contributed by atoms with E-state index >= 15 is 0 Å². The van der Waals surface area contributed by atoms with E-state index in [2.05, 4.69) is 0 Å². The van der Waals surface area contributed by atoms with Crippen molar-refractivity contribution >= 4 is 5.97 Å². The van der Waals surface area contributed by atoms with E-state index in [1.54, 1.807) is 26.0 Å². The first-order valence-electron chi connectivity index (χ1n) is 4.53. The number of hydrogen-bond donors (Lipinski definition) is 2. The fourth-order valence-electron chi connectivity index (χ4n) is 1.52. The van der Waals surface area contributed by atoms with Crippen LogP contribution in [0.3, 0.4) is 0 Å². The summed E-state index contributed by atoms with van der Waals surface area (Å²) in [4.78, 5) is 10.9. The molecule has 0 bridgehead atoms. The van der Waals surface area contributed by atoms with Crippen molar-refractivity contribution in [2.45, 2.75) is 20.0 Å². The number of carboxylic acids is 1. The number of rotatable bonds is 3. The summed E-state index contributed by atoms with van der Waals surface area (Å²) in [6.07, 6.45) is -0.983. The number of aliphatic carboxylic acids is 1. The predicted molar refractivity (Wildman–Crippen MR) is 55.0 cm³/mol. The van der Waals surface area contributed by atoms with E-state index in [0.717, 1.165) is 0 Å². The molecule has 0 saturated carbocycles. The standard InChI is InChI=1S/C11H14O4/c1-6-4-8(5-7(2)9(6)12)10(15-3)11(13)14/h4-5,10,12H,1-3H3,(H,13,14). The Kier molecular flexibility index (Phi) is 3.31. The summed E-state index contributed by atoms with van der Waals surface area (Å²) in [5, 5.41) is 18.4. The molecule has 0 heterocycles. The lowest BCUT2D eigenvalue weighted by Gasteiger charge is -2.13. The van der Waals surface area contributed by atoms with Crippen LogP contribution < -0.4 is 0 Å². The van der Waals surface area contributed by atoms with E-state index in [9.17, 15) is 9.90 Å². The number of ether oxygens (including phenoxy) is 1. The molecule has 0 aliphatic rings. The van der Waals surface area contributed by atoms with Gasteiger partial charge in [-0.25, -0.2) is 4.79 Å². The highest BCUT2D eigenvalue weighted by molar-refractivity contribution is 5.74. The summed E-state index contributed by atoms with van der Waals surface area (Å²) >= 11 is 0. The zero-order valence-corrected chi connectivity index (χ0v) is 8.94. The summed E-state index contributed by atoms with van der Waals surface area (Å²) in [7, 11) is 1.34. The normalized spacial score (nSPS) is 12.5. The van der Waals surface area contributed by atoms with Gasteiger partial charge in [-0.3, -0.25) is 0 Å². The molecule has 0 aliphatic heterocycles. The first-order chi connectivity index (χ1) is 6.97. The molecule has 4 nitrogen and oxygen atoms in total. The summed E-state index contributed by atoms with van der Waals surface area (Å²) in [5.74, 6) is -0.846. The fourth-order valence-corrected chi connectivity index (χ4v) is 1.52. The van der Waals surface area contributed by atoms with Crippen molar-refractivity contribution in [1.29, 1.82) is 0 Å². The smallest absolute Gasteiger partial charge is 0.337 e. The largest absolute Gasteiger partial charge is 0.507 e. The lowest BCUT2D eigenvalue weighted by atomic mass is 10.0. The van der Waals surface area contributed by atoms with Crippen LogP contribution in [0.25, 0.3) is 0 Å². The predicted octanol–water partition coefficient (Wildman–Crippen LogP) is 1.78. The molecule has 82 valence electrons. The van der Waals surface area contributed by atoms with Crippen molar-refractivity contribution in [2.24, 2.45) is 0 Å². The Balaban J connectivity index is 3.20. The van der Waals surface area contributed by atoms with Crippen molar-refractivity contribution in [1.82, 2.24) is 0 Å². The van der Waals surface area contributed by atoms with Gasteiger partial charge >= 0.3 is 5.97 Å². The van der Waals surface area contributed by atoms with Gasteiger partial charge in [-0.15, -0.1) is 0 Å². The molecule has 1 aromatic rings. The van der Waals surface area contributed by atoms with E-state index in [1.807, 2.05) is 0 Å². The van der Waals surface area contributed by atoms with E-state index in [-0.39, 0.29) is 5.75 Å². The first kappa shape index (κ1) is 11.5. The average Bonchev–Trinajstić information content (AvgIpc) is 2.14. The summed E-state index contributed by atoms with van der Waals surface area (Å²) < 4.78 is 4.87. The lowest BCUT2D eigenvalue weighted by Crippen LogP contribution is -2.13. The van der Waals surface area contributed by atoms with Crippen molar-refractivity contribution in [3.05, 3.63) is 28.8 Å². The third kappa shape index (κ3) is 2.27. The molecular weight excluding hydrogens is 196 g/mol. The highest BCUT2D eigenvalue weighted by atomic mass is 16.5. The minimum absolute atomic E-state index is 0.194. The lowest BCUT2D eigenvalue weighted by molar-refractivity contribution is -0.148. The molecular formula is C11H14O4. The summed E-state index contributed by atoms with van der Waals surface area (Å²) in [6.45, 7) is 3.45. The molecule has 1 aromatic carbocycles. The van der Waals surface area contributed by atoms with Gasteiger partial charge in [0.2, 0.25) is 0 Å². The number of phenolic OH excluding ortho intramolecular Hbond substituents is 1. The molecule has 15 heavy (non-hydrogen) atoms. The molecule has 0 saturated heterocycles. The van der Waals surface area contributed by atoms with E-state index in [4.69, 9.17) is 9.84 Å². The Morgan fingerprint density at radius 2 is 1.80 bits per heavy atom. The summed E-state index contributed by atoms with van der Waals surface area (Å²) in [5.41, 5.74) is 1.83. The maximum Gasteiger partial charge on any atom is 0.337 e. The van der Waals surface area contributed by atoms with Gasteiger partial charge in [0.25, 0.3) is 0 Å². The van der Waals surface area contributed by atoms with Gasteiger partial charge in [0.1, 0.15) is 5.75 Å². The van der Waals surface area contributed by atoms with Crippen molar-refractivity contribution < 1.29 is 19.7 Å². The van der Waals surface area contributed by atoms with Crippen LogP contribution in [0.5, 0.6) is 5.75 Å². The van der Waals surface area contributed by atoms with Gasteiger partial charge < -0.3 is 14.9 Å². The van der Waals surface area contributed by atoms with Crippen LogP contribution in [-0.2, 0) is 9.53 Å². The quantitative estimate of drug-likeness (QED) is 0.798. The van der Waals surface area contributed by atoms with E-state index in [1.165, 1.54) is 7.11 Å². The fraction of sp³-hybridized carbons (Fsp3) is 0.364. The third-order valence-electron chi connectivity index (χ3n) is 2.28. The van der Waals surface area contributed by atoms with E-state index < -0.39 is 12.1 Å². The first-order valence-corrected chi connectivity index (χ1v) is 4.53. The zero-order valence-electron chi connectivity index (χ0n) is 8.94. The number of hydrogen-bond acceptors (Lipinski definition) is 3. The second kappa shape index (κ2) is 4.31. The molecule has 0 amide bonds. The molecule has 0 fully saturated rings. The maximum absolute atomic E-state index is 10.9. The Morgan fingerprint density at radius 3 is 2.13 bits per heavy atom. The maximum atomic E-state index is 10.9. The summed E-state index contributed by atoms with van der Waals surface area (Å²) in [6, 6.07) is 3.23. The van der Waals surface area contributed by atoms with Gasteiger partial charge in [0.15, 0.2) is 6.10 Å². The van der Waals surface area contributed by atoms with Crippen molar-refractivity contribution in [2.75, 3.05) is 7.11 Å². The number of carbonyl (C=O) groups is 1. The molecule has 4 heteroatoms. The zero-order chi connectivity index (χ0) is 11.6. The van der Waals surface area contributed by atoms with Crippen LogP contribution in [0.4, 0.5) is 0 Å². The molecule has 0 aliphatic carbocycles. The van der Waals surface area contributed by atoms with Gasteiger partial charge in [-0.05, 0) is 42.7 Å². The second-order valence-corrected chi connectivity index (χ2v) is 3.46. The molecule has 1 unspecified atom stereocenters. The number of phenols is 1. The van der Waals surface area contributed by atoms with Gasteiger partial charge in [-0.1, -0.05) is 0 Å². The molecule has 1 rings (SSSR count). The highest BCUT2D eigenvalue weighted by Gasteiger charge is 2.20. The molecule has 0 radical (unpaired) electrons. The van der Waals surface area contributed by atoms with Crippen LogP contribution in [0.15, 0.2) is 12.1 Å². The Bertz CT molecular complexity index is 361. The number of aryl methyl sites for hydroxylation is 2. The minimum Gasteiger partial charge on any atom is -0.507 e. The third-order valence-corrected chi connectivity index (χ3v) is 2.28. The average molecular weight is 210 g/mol. The number of aromatic hydroxyl groups is 1. The minimum atomic E-state index is -1.04. The molecule has 1 atom stereocenters. The Hall–Kier alpha value is -1.55. The highest BCUT2D eigenvalue weighted by Crippen LogP contribution is 2.27. The van der Waals surface area contributed by atoms with Crippen LogP contribution in [0, 0.1) is 13.8 Å². The topological polar surface area (TPSA) is 66.8 Å². The molecule has 2 N–H and O–H groups in total.